The van der Waals surface area contributed by atoms with Crippen LogP contribution in [0.15, 0.2) is 6.33 Å². The molecule has 1 aliphatic rings. The fraction of sp³-hybridized carbons (Fsp3) is 0.667. The average molecular weight is 252 g/mol. The normalized spacial score (nSPS) is 23.9. The first-order chi connectivity index (χ1) is 8.65. The lowest BCUT2D eigenvalue weighted by Crippen LogP contribution is -2.46. The standard InChI is InChI=1S/C12H20N4O2/c1-8-5-16(6-9(2)18-8)12-10(17-4)11(13-3)14-7-15-12/h7-9H,5-6H2,1-4H3,(H,13,14,15)/t8-,9+. The molecular weight excluding hydrogens is 232 g/mol. The maximum Gasteiger partial charge on any atom is 0.204 e. The Morgan fingerprint density at radius 3 is 2.56 bits per heavy atom. The second-order valence-corrected chi connectivity index (χ2v) is 4.49. The van der Waals surface area contributed by atoms with Gasteiger partial charge in [-0.25, -0.2) is 9.97 Å². The average Bonchev–Trinajstić information content (AvgIpc) is 2.36. The van der Waals surface area contributed by atoms with Gasteiger partial charge in [-0.15, -0.1) is 0 Å². The predicted octanol–water partition coefficient (Wildman–Crippen LogP) is 1.14. The van der Waals surface area contributed by atoms with E-state index in [1.54, 1.807) is 13.4 Å². The van der Waals surface area contributed by atoms with E-state index in [0.29, 0.717) is 11.6 Å². The Morgan fingerprint density at radius 2 is 2.00 bits per heavy atom. The van der Waals surface area contributed by atoms with Gasteiger partial charge in [0, 0.05) is 20.1 Å². The van der Waals surface area contributed by atoms with E-state index in [2.05, 4.69) is 34.0 Å². The third-order valence-corrected chi connectivity index (χ3v) is 2.95. The fourth-order valence-electron chi connectivity index (χ4n) is 2.31. The number of nitrogens with one attached hydrogen (secondary N) is 1. The molecule has 100 valence electrons. The van der Waals surface area contributed by atoms with Gasteiger partial charge >= 0.3 is 0 Å². The number of aromatic nitrogens is 2. The van der Waals surface area contributed by atoms with Crippen molar-refractivity contribution in [1.82, 2.24) is 9.97 Å². The molecule has 2 heterocycles. The number of hydrogen-bond donors (Lipinski definition) is 1. The molecular formula is C12H20N4O2. The summed E-state index contributed by atoms with van der Waals surface area (Å²) in [6, 6.07) is 0. The van der Waals surface area contributed by atoms with Crippen LogP contribution in [-0.4, -0.2) is 49.4 Å². The zero-order valence-corrected chi connectivity index (χ0v) is 11.3. The zero-order chi connectivity index (χ0) is 13.1. The van der Waals surface area contributed by atoms with Crippen LogP contribution in [0.5, 0.6) is 5.75 Å². The summed E-state index contributed by atoms with van der Waals surface area (Å²) in [7, 11) is 3.45. The highest BCUT2D eigenvalue weighted by Gasteiger charge is 2.26. The Labute approximate surface area is 107 Å². The molecule has 0 bridgehead atoms. The molecule has 0 amide bonds. The van der Waals surface area contributed by atoms with Crippen LogP contribution in [0, 0.1) is 0 Å². The number of morpholine rings is 1. The van der Waals surface area contributed by atoms with E-state index in [0.717, 1.165) is 18.9 Å². The van der Waals surface area contributed by atoms with E-state index in [4.69, 9.17) is 9.47 Å². The van der Waals surface area contributed by atoms with Crippen LogP contribution < -0.4 is 15.0 Å². The minimum atomic E-state index is 0.187. The lowest BCUT2D eigenvalue weighted by molar-refractivity contribution is -0.00558. The summed E-state index contributed by atoms with van der Waals surface area (Å²) in [5.74, 6) is 2.20. The number of nitrogens with zero attached hydrogens (tertiary/aromatic N) is 3. The zero-order valence-electron chi connectivity index (χ0n) is 11.3. The van der Waals surface area contributed by atoms with Gasteiger partial charge in [0.15, 0.2) is 11.6 Å². The maximum atomic E-state index is 5.73. The topological polar surface area (TPSA) is 59.5 Å². The SMILES string of the molecule is CNc1ncnc(N2C[C@@H](C)O[C@@H](C)C2)c1OC. The van der Waals surface area contributed by atoms with Crippen molar-refractivity contribution in [3.05, 3.63) is 6.33 Å². The van der Waals surface area contributed by atoms with Gasteiger partial charge in [0.1, 0.15) is 6.33 Å². The van der Waals surface area contributed by atoms with Crippen molar-refractivity contribution >= 4 is 11.6 Å². The Hall–Kier alpha value is -1.56. The molecule has 1 saturated heterocycles. The first kappa shape index (κ1) is 12.9. The largest absolute Gasteiger partial charge is 0.490 e. The van der Waals surface area contributed by atoms with Crippen molar-refractivity contribution in [1.29, 1.82) is 0 Å². The highest BCUT2D eigenvalue weighted by atomic mass is 16.5. The Kier molecular flexibility index (Phi) is 3.86. The predicted molar refractivity (Wildman–Crippen MR) is 70.4 cm³/mol. The van der Waals surface area contributed by atoms with Crippen LogP contribution in [0.4, 0.5) is 11.6 Å². The Bertz CT molecular complexity index is 403. The lowest BCUT2D eigenvalue weighted by Gasteiger charge is -2.36. The van der Waals surface area contributed by atoms with Crippen molar-refractivity contribution in [2.75, 3.05) is 37.5 Å². The molecule has 6 heteroatoms. The van der Waals surface area contributed by atoms with E-state index in [1.165, 1.54) is 0 Å². The van der Waals surface area contributed by atoms with Gasteiger partial charge in [-0.2, -0.15) is 0 Å². The van der Waals surface area contributed by atoms with Crippen LogP contribution >= 0.6 is 0 Å². The van der Waals surface area contributed by atoms with Gasteiger partial charge in [-0.3, -0.25) is 0 Å². The van der Waals surface area contributed by atoms with Crippen molar-refractivity contribution in [2.45, 2.75) is 26.1 Å². The molecule has 0 aliphatic carbocycles. The summed E-state index contributed by atoms with van der Waals surface area (Å²) in [5, 5.41) is 3.01. The van der Waals surface area contributed by atoms with Crippen LogP contribution in [0.25, 0.3) is 0 Å². The third-order valence-electron chi connectivity index (χ3n) is 2.95. The molecule has 0 unspecified atom stereocenters. The summed E-state index contributed by atoms with van der Waals surface area (Å²) in [6.45, 7) is 5.74. The number of anilines is 2. The quantitative estimate of drug-likeness (QED) is 0.870. The monoisotopic (exact) mass is 252 g/mol. The molecule has 1 aromatic heterocycles. The second kappa shape index (κ2) is 5.39. The summed E-state index contributed by atoms with van der Waals surface area (Å²) < 4.78 is 11.1. The number of hydrogen-bond acceptors (Lipinski definition) is 6. The van der Waals surface area contributed by atoms with Crippen molar-refractivity contribution in [3.8, 4) is 5.75 Å². The molecule has 2 rings (SSSR count). The molecule has 18 heavy (non-hydrogen) atoms. The molecule has 0 radical (unpaired) electrons. The van der Waals surface area contributed by atoms with E-state index in [-0.39, 0.29) is 12.2 Å². The lowest BCUT2D eigenvalue weighted by atomic mass is 10.2. The molecule has 0 saturated carbocycles. The van der Waals surface area contributed by atoms with E-state index in [1.807, 2.05) is 7.05 Å². The van der Waals surface area contributed by atoms with Crippen LogP contribution in [0.3, 0.4) is 0 Å². The van der Waals surface area contributed by atoms with E-state index in [9.17, 15) is 0 Å². The molecule has 1 N–H and O–H groups in total. The van der Waals surface area contributed by atoms with Crippen LogP contribution in [0.1, 0.15) is 13.8 Å². The Balaban J connectivity index is 2.32. The minimum Gasteiger partial charge on any atom is -0.490 e. The fourth-order valence-corrected chi connectivity index (χ4v) is 2.31. The van der Waals surface area contributed by atoms with Crippen LogP contribution in [-0.2, 0) is 4.74 Å². The van der Waals surface area contributed by atoms with Crippen molar-refractivity contribution in [2.24, 2.45) is 0 Å². The van der Waals surface area contributed by atoms with Crippen molar-refractivity contribution < 1.29 is 9.47 Å². The van der Waals surface area contributed by atoms with Gasteiger partial charge in [0.05, 0.1) is 19.3 Å². The first-order valence-corrected chi connectivity index (χ1v) is 6.12. The van der Waals surface area contributed by atoms with E-state index >= 15 is 0 Å². The number of rotatable bonds is 3. The molecule has 0 spiro atoms. The number of ether oxygens (including phenoxy) is 2. The molecule has 1 aliphatic heterocycles. The molecule has 0 aromatic carbocycles. The van der Waals surface area contributed by atoms with Gasteiger partial charge < -0.3 is 19.7 Å². The van der Waals surface area contributed by atoms with Gasteiger partial charge in [0.25, 0.3) is 0 Å². The van der Waals surface area contributed by atoms with Crippen molar-refractivity contribution in [3.63, 3.8) is 0 Å². The van der Waals surface area contributed by atoms with Gasteiger partial charge in [-0.05, 0) is 13.8 Å². The molecule has 6 nitrogen and oxygen atoms in total. The third kappa shape index (κ3) is 2.48. The molecule has 2 atom stereocenters. The highest BCUT2D eigenvalue weighted by Crippen LogP contribution is 2.32. The smallest absolute Gasteiger partial charge is 0.204 e. The molecule has 1 aromatic rings. The first-order valence-electron chi connectivity index (χ1n) is 6.12. The van der Waals surface area contributed by atoms with Gasteiger partial charge in [-0.1, -0.05) is 0 Å². The summed E-state index contributed by atoms with van der Waals surface area (Å²) in [5.41, 5.74) is 0. The summed E-state index contributed by atoms with van der Waals surface area (Å²) in [6.07, 6.45) is 1.92. The summed E-state index contributed by atoms with van der Waals surface area (Å²) in [4.78, 5) is 10.7. The summed E-state index contributed by atoms with van der Waals surface area (Å²) >= 11 is 0. The highest BCUT2D eigenvalue weighted by molar-refractivity contribution is 5.64. The number of methoxy groups -OCH3 is 1. The maximum absolute atomic E-state index is 5.73. The molecule has 1 fully saturated rings. The van der Waals surface area contributed by atoms with Gasteiger partial charge in [0.2, 0.25) is 5.75 Å². The van der Waals surface area contributed by atoms with E-state index < -0.39 is 0 Å². The Morgan fingerprint density at radius 1 is 1.33 bits per heavy atom. The minimum absolute atomic E-state index is 0.187. The second-order valence-electron chi connectivity index (χ2n) is 4.49. The van der Waals surface area contributed by atoms with Crippen LogP contribution in [0.2, 0.25) is 0 Å².